The summed E-state index contributed by atoms with van der Waals surface area (Å²) in [5, 5.41) is 0. The molecule has 0 saturated carbocycles. The van der Waals surface area contributed by atoms with Crippen LogP contribution in [0.1, 0.15) is 13.8 Å². The Hall–Kier alpha value is -0.160. The van der Waals surface area contributed by atoms with Gasteiger partial charge in [0.1, 0.15) is 0 Å². The highest BCUT2D eigenvalue weighted by atomic mass is 16.8. The van der Waals surface area contributed by atoms with Crippen molar-refractivity contribution in [2.75, 3.05) is 26.4 Å². The van der Waals surface area contributed by atoms with Crippen LogP contribution in [0.25, 0.3) is 0 Å². The van der Waals surface area contributed by atoms with Crippen molar-refractivity contribution in [3.8, 4) is 0 Å². The molecular formula is C8H16O4. The van der Waals surface area contributed by atoms with Crippen LogP contribution in [0, 0.1) is 0 Å². The third kappa shape index (κ3) is 3.06. The smallest absolute Gasteiger partial charge is 0.183 e. The minimum Gasteiger partial charge on any atom is -0.371 e. The lowest BCUT2D eigenvalue weighted by atomic mass is 10.5. The third-order valence-corrected chi connectivity index (χ3v) is 1.52. The van der Waals surface area contributed by atoms with Gasteiger partial charge in [-0.3, -0.25) is 0 Å². The largest absolute Gasteiger partial charge is 0.371 e. The summed E-state index contributed by atoms with van der Waals surface area (Å²) in [5.74, 6) is 0. The lowest BCUT2D eigenvalue weighted by Gasteiger charge is -2.29. The van der Waals surface area contributed by atoms with Gasteiger partial charge in [0.15, 0.2) is 12.6 Å². The van der Waals surface area contributed by atoms with E-state index in [9.17, 15) is 0 Å². The number of hydrogen-bond acceptors (Lipinski definition) is 4. The zero-order valence-corrected chi connectivity index (χ0v) is 7.62. The zero-order chi connectivity index (χ0) is 8.81. The van der Waals surface area contributed by atoms with Crippen LogP contribution in [0.2, 0.25) is 0 Å². The summed E-state index contributed by atoms with van der Waals surface area (Å²) in [6.07, 6.45) is -0.527. The van der Waals surface area contributed by atoms with Gasteiger partial charge < -0.3 is 18.9 Å². The molecule has 0 N–H and O–H groups in total. The summed E-state index contributed by atoms with van der Waals surface area (Å²) in [6.45, 7) is 6.11. The number of hydrogen-bond donors (Lipinski definition) is 0. The molecule has 2 unspecified atom stereocenters. The van der Waals surface area contributed by atoms with Gasteiger partial charge in [0.05, 0.1) is 13.2 Å². The van der Waals surface area contributed by atoms with Crippen LogP contribution in [0.4, 0.5) is 0 Å². The molecule has 1 aliphatic rings. The van der Waals surface area contributed by atoms with Crippen molar-refractivity contribution in [3.05, 3.63) is 0 Å². The first-order chi connectivity index (χ1) is 5.86. The molecule has 2 atom stereocenters. The summed E-state index contributed by atoms with van der Waals surface area (Å²) < 4.78 is 21.1. The van der Waals surface area contributed by atoms with Gasteiger partial charge in [-0.25, -0.2) is 0 Å². The molecular weight excluding hydrogens is 160 g/mol. The second-order valence-electron chi connectivity index (χ2n) is 2.44. The van der Waals surface area contributed by atoms with Gasteiger partial charge in [-0.2, -0.15) is 0 Å². The molecule has 0 aliphatic carbocycles. The van der Waals surface area contributed by atoms with Gasteiger partial charge in [0, 0.05) is 13.2 Å². The summed E-state index contributed by atoms with van der Waals surface area (Å²) in [7, 11) is 0. The van der Waals surface area contributed by atoms with E-state index in [4.69, 9.17) is 18.9 Å². The average molecular weight is 176 g/mol. The lowest BCUT2D eigenvalue weighted by molar-refractivity contribution is -0.304. The Morgan fingerprint density at radius 2 is 1.58 bits per heavy atom. The van der Waals surface area contributed by atoms with Crippen LogP contribution in [-0.2, 0) is 18.9 Å². The van der Waals surface area contributed by atoms with Crippen molar-refractivity contribution < 1.29 is 18.9 Å². The summed E-state index contributed by atoms with van der Waals surface area (Å²) in [4.78, 5) is 0. The second-order valence-corrected chi connectivity index (χ2v) is 2.44. The van der Waals surface area contributed by atoms with Gasteiger partial charge in [-0.05, 0) is 13.8 Å². The molecule has 1 heterocycles. The standard InChI is InChI=1S/C8H16O4/c1-3-10-7-5-9-6-8(12-7)11-4-2/h7-8H,3-6H2,1-2H3. The molecule has 4 heteroatoms. The Kier molecular flexibility index (Phi) is 4.53. The zero-order valence-electron chi connectivity index (χ0n) is 7.62. The van der Waals surface area contributed by atoms with E-state index in [1.54, 1.807) is 0 Å². The molecule has 0 spiro atoms. The number of ether oxygens (including phenoxy) is 4. The highest BCUT2D eigenvalue weighted by Gasteiger charge is 2.22. The van der Waals surface area contributed by atoms with Crippen LogP contribution in [-0.4, -0.2) is 39.0 Å². The summed E-state index contributed by atoms with van der Waals surface area (Å²) in [6, 6.07) is 0. The van der Waals surface area contributed by atoms with Gasteiger partial charge in [-0.1, -0.05) is 0 Å². The van der Waals surface area contributed by atoms with E-state index in [2.05, 4.69) is 0 Å². The molecule has 0 aromatic rings. The topological polar surface area (TPSA) is 36.9 Å². The maximum absolute atomic E-state index is 5.40. The molecule has 0 bridgehead atoms. The SMILES string of the molecule is CCOC1COCC(OCC)O1. The third-order valence-electron chi connectivity index (χ3n) is 1.52. The first-order valence-corrected chi connectivity index (χ1v) is 4.33. The van der Waals surface area contributed by atoms with E-state index >= 15 is 0 Å². The van der Waals surface area contributed by atoms with Crippen molar-refractivity contribution in [1.82, 2.24) is 0 Å². The van der Waals surface area contributed by atoms with Gasteiger partial charge in [-0.15, -0.1) is 0 Å². The van der Waals surface area contributed by atoms with E-state index in [1.165, 1.54) is 0 Å². The lowest BCUT2D eigenvalue weighted by Crippen LogP contribution is -2.39. The second kappa shape index (κ2) is 5.48. The summed E-state index contributed by atoms with van der Waals surface area (Å²) >= 11 is 0. The first kappa shape index (κ1) is 9.92. The fourth-order valence-corrected chi connectivity index (χ4v) is 1.05. The fraction of sp³-hybridized carbons (Fsp3) is 1.00. The predicted octanol–water partition coefficient (Wildman–Crippen LogP) is 0.758. The Bertz CT molecular complexity index is 102. The van der Waals surface area contributed by atoms with E-state index in [0.29, 0.717) is 26.4 Å². The minimum atomic E-state index is -0.264. The van der Waals surface area contributed by atoms with Crippen LogP contribution in [0.3, 0.4) is 0 Å². The maximum Gasteiger partial charge on any atom is 0.183 e. The molecule has 0 radical (unpaired) electrons. The van der Waals surface area contributed by atoms with E-state index in [-0.39, 0.29) is 12.6 Å². The van der Waals surface area contributed by atoms with Crippen LogP contribution in [0.15, 0.2) is 0 Å². The Morgan fingerprint density at radius 1 is 1.08 bits per heavy atom. The van der Waals surface area contributed by atoms with Crippen molar-refractivity contribution in [2.24, 2.45) is 0 Å². The van der Waals surface area contributed by atoms with E-state index < -0.39 is 0 Å². The monoisotopic (exact) mass is 176 g/mol. The Labute approximate surface area is 72.7 Å². The van der Waals surface area contributed by atoms with Crippen LogP contribution >= 0.6 is 0 Å². The Balaban J connectivity index is 2.20. The molecule has 12 heavy (non-hydrogen) atoms. The van der Waals surface area contributed by atoms with Crippen LogP contribution in [0.5, 0.6) is 0 Å². The normalized spacial score (nSPS) is 30.5. The maximum atomic E-state index is 5.40. The molecule has 4 nitrogen and oxygen atoms in total. The molecule has 72 valence electrons. The van der Waals surface area contributed by atoms with E-state index in [1.807, 2.05) is 13.8 Å². The molecule has 1 rings (SSSR count). The summed E-state index contributed by atoms with van der Waals surface area (Å²) in [5.41, 5.74) is 0. The van der Waals surface area contributed by atoms with Gasteiger partial charge in [0.25, 0.3) is 0 Å². The first-order valence-electron chi connectivity index (χ1n) is 4.33. The molecule has 0 amide bonds. The average Bonchev–Trinajstić information content (AvgIpc) is 2.06. The fourth-order valence-electron chi connectivity index (χ4n) is 1.05. The highest BCUT2D eigenvalue weighted by molar-refractivity contribution is 4.53. The van der Waals surface area contributed by atoms with Crippen LogP contribution < -0.4 is 0 Å². The minimum absolute atomic E-state index is 0.264. The quantitative estimate of drug-likeness (QED) is 0.633. The van der Waals surface area contributed by atoms with Crippen molar-refractivity contribution in [3.63, 3.8) is 0 Å². The molecule has 1 aliphatic heterocycles. The molecule has 1 saturated heterocycles. The van der Waals surface area contributed by atoms with Crippen molar-refractivity contribution in [1.29, 1.82) is 0 Å². The number of rotatable bonds is 4. The molecule has 1 fully saturated rings. The highest BCUT2D eigenvalue weighted by Crippen LogP contribution is 2.09. The molecule has 0 aromatic carbocycles. The predicted molar refractivity (Wildman–Crippen MR) is 42.7 cm³/mol. The van der Waals surface area contributed by atoms with E-state index in [0.717, 1.165) is 0 Å². The van der Waals surface area contributed by atoms with Gasteiger partial charge >= 0.3 is 0 Å². The molecule has 0 aromatic heterocycles. The Morgan fingerprint density at radius 3 is 2.00 bits per heavy atom. The van der Waals surface area contributed by atoms with Crippen molar-refractivity contribution >= 4 is 0 Å². The van der Waals surface area contributed by atoms with Gasteiger partial charge in [0.2, 0.25) is 0 Å². The van der Waals surface area contributed by atoms with Crippen molar-refractivity contribution in [2.45, 2.75) is 26.4 Å².